The lowest BCUT2D eigenvalue weighted by molar-refractivity contribution is -0.139. The standard InChI is InChI=1S/C26H22BrNO4/c1-32-21-12-10-18(11-13-21)24(29)22-23(19-8-5-9-20(27)16-19)28(26(31)25(22)30)15-14-17-6-3-2-4-7-17/h2-13,16,23,29H,14-15H2,1H3/b24-22+. The number of amides is 1. The summed E-state index contributed by atoms with van der Waals surface area (Å²) in [5, 5.41) is 11.1. The molecule has 0 aromatic heterocycles. The minimum absolute atomic E-state index is 0.0892. The van der Waals surface area contributed by atoms with Gasteiger partial charge in [-0.1, -0.05) is 58.4 Å². The minimum Gasteiger partial charge on any atom is -0.507 e. The molecule has 32 heavy (non-hydrogen) atoms. The average molecular weight is 492 g/mol. The van der Waals surface area contributed by atoms with E-state index in [1.807, 2.05) is 54.6 Å². The van der Waals surface area contributed by atoms with Gasteiger partial charge in [0.25, 0.3) is 11.7 Å². The molecule has 3 aromatic rings. The third-order valence-electron chi connectivity index (χ3n) is 5.55. The Hall–Kier alpha value is -3.38. The van der Waals surface area contributed by atoms with E-state index in [1.54, 1.807) is 36.3 Å². The number of nitrogens with zero attached hydrogens (tertiary/aromatic N) is 1. The lowest BCUT2D eigenvalue weighted by atomic mass is 9.95. The number of carbonyl (C=O) groups is 2. The van der Waals surface area contributed by atoms with Gasteiger partial charge in [0.1, 0.15) is 11.5 Å². The van der Waals surface area contributed by atoms with Crippen molar-refractivity contribution in [2.75, 3.05) is 13.7 Å². The molecule has 0 saturated carbocycles. The maximum absolute atomic E-state index is 13.1. The first kappa shape index (κ1) is 21.8. The Morgan fingerprint density at radius 2 is 1.72 bits per heavy atom. The number of rotatable bonds is 6. The van der Waals surface area contributed by atoms with E-state index in [0.717, 1.165) is 15.6 Å². The SMILES string of the molecule is COc1ccc(/C(O)=C2\C(=O)C(=O)N(CCc3ccccc3)C2c2cccc(Br)c2)cc1. The van der Waals surface area contributed by atoms with Gasteiger partial charge in [-0.15, -0.1) is 0 Å². The van der Waals surface area contributed by atoms with E-state index in [1.165, 1.54) is 0 Å². The first-order valence-corrected chi connectivity index (χ1v) is 11.0. The fourth-order valence-corrected chi connectivity index (χ4v) is 4.35. The van der Waals surface area contributed by atoms with Crippen LogP contribution in [0.1, 0.15) is 22.7 Å². The second-order valence-corrected chi connectivity index (χ2v) is 8.43. The van der Waals surface area contributed by atoms with E-state index in [2.05, 4.69) is 15.9 Å². The van der Waals surface area contributed by atoms with Crippen LogP contribution in [-0.4, -0.2) is 35.4 Å². The number of ketones is 1. The summed E-state index contributed by atoms with van der Waals surface area (Å²) in [5.74, 6) is -0.857. The van der Waals surface area contributed by atoms with E-state index >= 15 is 0 Å². The van der Waals surface area contributed by atoms with Crippen molar-refractivity contribution in [1.82, 2.24) is 4.90 Å². The first-order valence-electron chi connectivity index (χ1n) is 10.2. The number of hydrogen-bond acceptors (Lipinski definition) is 4. The molecule has 1 N–H and O–H groups in total. The number of hydrogen-bond donors (Lipinski definition) is 1. The normalized spacial score (nSPS) is 17.6. The monoisotopic (exact) mass is 491 g/mol. The number of aliphatic hydroxyl groups excluding tert-OH is 1. The van der Waals surface area contributed by atoms with Gasteiger partial charge >= 0.3 is 0 Å². The van der Waals surface area contributed by atoms with Crippen molar-refractivity contribution in [2.45, 2.75) is 12.5 Å². The lowest BCUT2D eigenvalue weighted by Gasteiger charge is -2.25. The van der Waals surface area contributed by atoms with E-state index in [4.69, 9.17) is 4.74 Å². The highest BCUT2D eigenvalue weighted by molar-refractivity contribution is 9.10. The number of carbonyl (C=O) groups excluding carboxylic acids is 2. The third kappa shape index (κ3) is 4.32. The summed E-state index contributed by atoms with van der Waals surface area (Å²) in [4.78, 5) is 27.7. The number of likely N-dealkylation sites (tertiary alicyclic amines) is 1. The van der Waals surface area contributed by atoms with Crippen LogP contribution in [0, 0.1) is 0 Å². The minimum atomic E-state index is -0.684. The Bertz CT molecular complexity index is 1170. The Balaban J connectivity index is 1.78. The largest absolute Gasteiger partial charge is 0.507 e. The van der Waals surface area contributed by atoms with Crippen molar-refractivity contribution in [3.8, 4) is 5.75 Å². The van der Waals surface area contributed by atoms with Crippen molar-refractivity contribution in [3.05, 3.63) is 106 Å². The number of Topliss-reactive ketones (excluding diaryl/α,β-unsaturated/α-hetero) is 1. The number of methoxy groups -OCH3 is 1. The maximum Gasteiger partial charge on any atom is 0.295 e. The molecule has 0 radical (unpaired) electrons. The molecular formula is C26H22BrNO4. The second kappa shape index (κ2) is 9.40. The Labute approximate surface area is 195 Å². The summed E-state index contributed by atoms with van der Waals surface area (Å²) < 4.78 is 6.00. The zero-order chi connectivity index (χ0) is 22.7. The zero-order valence-electron chi connectivity index (χ0n) is 17.5. The van der Waals surface area contributed by atoms with Crippen molar-refractivity contribution in [3.63, 3.8) is 0 Å². The summed E-state index contributed by atoms with van der Waals surface area (Å²) in [6.07, 6.45) is 0.598. The number of benzene rings is 3. The fourth-order valence-electron chi connectivity index (χ4n) is 3.93. The molecule has 5 nitrogen and oxygen atoms in total. The van der Waals surface area contributed by atoms with Crippen LogP contribution >= 0.6 is 15.9 Å². The van der Waals surface area contributed by atoms with E-state index in [0.29, 0.717) is 24.3 Å². The number of ether oxygens (including phenoxy) is 1. The van der Waals surface area contributed by atoms with Crippen molar-refractivity contribution >= 4 is 33.4 Å². The number of halogens is 1. The summed E-state index contributed by atoms with van der Waals surface area (Å²) in [6.45, 7) is 0.352. The molecule has 0 aliphatic carbocycles. The van der Waals surface area contributed by atoms with Gasteiger partial charge in [0, 0.05) is 16.6 Å². The smallest absolute Gasteiger partial charge is 0.295 e. The molecule has 1 saturated heterocycles. The predicted octanol–water partition coefficient (Wildman–Crippen LogP) is 5.12. The highest BCUT2D eigenvalue weighted by Crippen LogP contribution is 2.40. The molecule has 1 heterocycles. The summed E-state index contributed by atoms with van der Waals surface area (Å²) in [6, 6.07) is 23.3. The molecule has 6 heteroatoms. The molecule has 4 rings (SSSR count). The van der Waals surface area contributed by atoms with Gasteiger partial charge < -0.3 is 14.7 Å². The van der Waals surface area contributed by atoms with E-state index in [9.17, 15) is 14.7 Å². The molecule has 0 spiro atoms. The van der Waals surface area contributed by atoms with Crippen LogP contribution in [0.15, 0.2) is 88.9 Å². The highest BCUT2D eigenvalue weighted by Gasteiger charge is 2.45. The van der Waals surface area contributed by atoms with Gasteiger partial charge in [0.15, 0.2) is 0 Å². The van der Waals surface area contributed by atoms with Crippen LogP contribution in [0.3, 0.4) is 0 Å². The Morgan fingerprint density at radius 1 is 1.00 bits per heavy atom. The van der Waals surface area contributed by atoms with Gasteiger partial charge in [-0.3, -0.25) is 9.59 Å². The quantitative estimate of drug-likeness (QED) is 0.295. The third-order valence-corrected chi connectivity index (χ3v) is 6.05. The number of aliphatic hydroxyl groups is 1. The van der Waals surface area contributed by atoms with Gasteiger partial charge in [-0.05, 0) is 53.9 Å². The summed E-state index contributed by atoms with van der Waals surface area (Å²) in [7, 11) is 1.56. The van der Waals surface area contributed by atoms with Gasteiger partial charge in [-0.25, -0.2) is 0 Å². The van der Waals surface area contributed by atoms with Gasteiger partial charge in [0.05, 0.1) is 18.7 Å². The Kier molecular flexibility index (Phi) is 6.42. The zero-order valence-corrected chi connectivity index (χ0v) is 19.1. The molecule has 1 atom stereocenters. The highest BCUT2D eigenvalue weighted by atomic mass is 79.9. The van der Waals surface area contributed by atoms with Gasteiger partial charge in [0.2, 0.25) is 0 Å². The molecule has 0 bridgehead atoms. The Morgan fingerprint density at radius 3 is 2.38 bits per heavy atom. The molecule has 1 amide bonds. The van der Waals surface area contributed by atoms with Crippen molar-refractivity contribution in [2.24, 2.45) is 0 Å². The molecule has 1 aliphatic heterocycles. The fraction of sp³-hybridized carbons (Fsp3) is 0.154. The molecule has 162 valence electrons. The van der Waals surface area contributed by atoms with Crippen LogP contribution in [0.2, 0.25) is 0 Å². The first-order chi connectivity index (χ1) is 15.5. The van der Waals surface area contributed by atoms with Crippen molar-refractivity contribution in [1.29, 1.82) is 0 Å². The predicted molar refractivity (Wildman–Crippen MR) is 126 cm³/mol. The van der Waals surface area contributed by atoms with Crippen LogP contribution in [0.4, 0.5) is 0 Å². The summed E-state index contributed by atoms with van der Waals surface area (Å²) >= 11 is 3.47. The lowest BCUT2D eigenvalue weighted by Crippen LogP contribution is -2.31. The topological polar surface area (TPSA) is 66.8 Å². The van der Waals surface area contributed by atoms with Crippen LogP contribution < -0.4 is 4.74 Å². The molecule has 1 aliphatic rings. The van der Waals surface area contributed by atoms with E-state index in [-0.39, 0.29) is 11.3 Å². The molecule has 3 aromatic carbocycles. The summed E-state index contributed by atoms with van der Waals surface area (Å²) in [5.41, 5.74) is 2.36. The molecule has 1 fully saturated rings. The van der Waals surface area contributed by atoms with Crippen molar-refractivity contribution < 1.29 is 19.4 Å². The average Bonchev–Trinajstić information content (AvgIpc) is 3.08. The van der Waals surface area contributed by atoms with Gasteiger partial charge in [-0.2, -0.15) is 0 Å². The second-order valence-electron chi connectivity index (χ2n) is 7.51. The maximum atomic E-state index is 13.1. The van der Waals surface area contributed by atoms with Crippen LogP contribution in [0.5, 0.6) is 5.75 Å². The van der Waals surface area contributed by atoms with Crippen LogP contribution in [0.25, 0.3) is 5.76 Å². The van der Waals surface area contributed by atoms with Crippen LogP contribution in [-0.2, 0) is 16.0 Å². The molecular weight excluding hydrogens is 470 g/mol. The molecule has 1 unspecified atom stereocenters. The van der Waals surface area contributed by atoms with E-state index < -0.39 is 17.7 Å².